The second-order valence-corrected chi connectivity index (χ2v) is 12.4. The number of hydrogen-bond acceptors (Lipinski definition) is 5. The van der Waals surface area contributed by atoms with Crippen LogP contribution < -0.4 is 0 Å². The Balaban J connectivity index is 1.20. The highest BCUT2D eigenvalue weighted by Crippen LogP contribution is 2.37. The van der Waals surface area contributed by atoms with Gasteiger partial charge in [0.1, 0.15) is 6.61 Å². The molecule has 3 aromatic carbocycles. The molecule has 0 spiro atoms. The largest absolute Gasteiger partial charge is 0.445 e. The number of carbonyl (C=O) groups excluding carboxylic acids is 2. The first-order chi connectivity index (χ1) is 23.5. The van der Waals surface area contributed by atoms with Crippen molar-refractivity contribution in [3.8, 4) is 11.1 Å². The fraction of sp³-hybridized carbons (Fsp3) is 0.308. The summed E-state index contributed by atoms with van der Waals surface area (Å²) >= 11 is 0. The molecule has 3 heterocycles. The van der Waals surface area contributed by atoms with E-state index in [9.17, 15) is 9.59 Å². The number of carbonyl (C=O) groups is 2. The van der Waals surface area contributed by atoms with E-state index >= 15 is 0 Å². The lowest BCUT2D eigenvalue weighted by atomic mass is 9.89. The Bertz CT molecular complexity index is 1820. The summed E-state index contributed by atoms with van der Waals surface area (Å²) in [6.45, 7) is 2.47. The number of likely N-dealkylation sites (N-methyl/N-ethyl adjacent to an activating group) is 1. The lowest BCUT2D eigenvalue weighted by Gasteiger charge is -2.33. The Hall–Kier alpha value is -5.15. The van der Waals surface area contributed by atoms with E-state index in [1.165, 1.54) is 0 Å². The molecule has 6 rings (SSSR count). The predicted octanol–water partition coefficient (Wildman–Crippen LogP) is 7.29. The van der Waals surface area contributed by atoms with Crippen LogP contribution in [-0.2, 0) is 9.47 Å². The Labute approximate surface area is 281 Å². The van der Waals surface area contributed by atoms with Crippen molar-refractivity contribution in [3.63, 3.8) is 0 Å². The van der Waals surface area contributed by atoms with Gasteiger partial charge in [-0.2, -0.15) is 0 Å². The highest BCUT2D eigenvalue weighted by molar-refractivity contribution is 6.06. The van der Waals surface area contributed by atoms with E-state index < -0.39 is 0 Å². The monoisotopic (exact) mass is 645 g/mol. The van der Waals surface area contributed by atoms with Gasteiger partial charge >= 0.3 is 6.09 Å². The smallest absolute Gasteiger partial charge is 0.410 e. The fourth-order valence-electron chi connectivity index (χ4n) is 6.52. The molecule has 1 N–H and O–H groups in total. The first-order valence-electron chi connectivity index (χ1n) is 16.6. The van der Waals surface area contributed by atoms with E-state index in [-0.39, 0.29) is 24.6 Å². The van der Waals surface area contributed by atoms with Crippen molar-refractivity contribution in [1.82, 2.24) is 24.3 Å². The molecular formula is C39H43N5O4. The van der Waals surface area contributed by atoms with Crippen LogP contribution in [0.1, 0.15) is 46.9 Å². The van der Waals surface area contributed by atoms with Gasteiger partial charge in [-0.05, 0) is 53.2 Å². The maximum absolute atomic E-state index is 13.9. The number of rotatable bonds is 12. The molecule has 5 aromatic rings. The second-order valence-electron chi connectivity index (χ2n) is 12.4. The Morgan fingerprint density at radius 2 is 1.77 bits per heavy atom. The minimum Gasteiger partial charge on any atom is -0.445 e. The van der Waals surface area contributed by atoms with Crippen molar-refractivity contribution in [2.45, 2.75) is 25.3 Å². The number of hydrogen-bond donors (Lipinski definition) is 1. The SMILES string of the molecule is COCCN(C)C(=O)c1cn(C(CC2CCN(C(=O)OCC=Cc3ccccc3)CC2)c2cnc[nH]2)cc1-c1cccc2ccccc12. The summed E-state index contributed by atoms with van der Waals surface area (Å²) < 4.78 is 13.0. The summed E-state index contributed by atoms with van der Waals surface area (Å²) in [4.78, 5) is 38.0. The number of nitrogens with one attached hydrogen (secondary N) is 1. The molecule has 0 saturated carbocycles. The summed E-state index contributed by atoms with van der Waals surface area (Å²) in [5.74, 6) is 0.315. The minimum absolute atomic E-state index is 0.0532. The molecule has 48 heavy (non-hydrogen) atoms. The molecular weight excluding hydrogens is 602 g/mol. The van der Waals surface area contributed by atoms with Gasteiger partial charge in [0.2, 0.25) is 0 Å². The number of aromatic amines is 1. The normalized spacial score (nSPS) is 14.4. The van der Waals surface area contributed by atoms with Crippen molar-refractivity contribution in [1.29, 1.82) is 0 Å². The van der Waals surface area contributed by atoms with E-state index in [1.807, 2.05) is 80.1 Å². The zero-order valence-corrected chi connectivity index (χ0v) is 27.6. The summed E-state index contributed by atoms with van der Waals surface area (Å²) in [5, 5.41) is 2.22. The molecule has 1 unspecified atom stereocenters. The molecule has 0 bridgehead atoms. The van der Waals surface area contributed by atoms with E-state index in [1.54, 1.807) is 23.2 Å². The van der Waals surface area contributed by atoms with Crippen LogP contribution in [0.15, 0.2) is 104 Å². The molecule has 1 aliphatic heterocycles. The number of aromatic nitrogens is 3. The second kappa shape index (κ2) is 15.6. The number of benzene rings is 3. The van der Waals surface area contributed by atoms with Crippen molar-refractivity contribution in [3.05, 3.63) is 121 Å². The predicted molar refractivity (Wildman–Crippen MR) is 189 cm³/mol. The lowest BCUT2D eigenvalue weighted by molar-refractivity contribution is 0.0744. The Morgan fingerprint density at radius 1 is 1.00 bits per heavy atom. The molecule has 2 aromatic heterocycles. The quantitative estimate of drug-likeness (QED) is 0.154. The average molecular weight is 646 g/mol. The fourth-order valence-corrected chi connectivity index (χ4v) is 6.52. The minimum atomic E-state index is -0.276. The van der Waals surface area contributed by atoms with Gasteiger partial charge in [0.25, 0.3) is 5.91 Å². The van der Waals surface area contributed by atoms with Gasteiger partial charge in [-0.3, -0.25) is 4.79 Å². The van der Waals surface area contributed by atoms with Crippen molar-refractivity contribution >= 4 is 28.8 Å². The van der Waals surface area contributed by atoms with Crippen molar-refractivity contribution in [2.24, 2.45) is 5.92 Å². The molecule has 1 aliphatic rings. The number of piperidine rings is 1. The lowest BCUT2D eigenvalue weighted by Crippen LogP contribution is -2.39. The van der Waals surface area contributed by atoms with Crippen LogP contribution in [0.5, 0.6) is 0 Å². The maximum Gasteiger partial charge on any atom is 0.410 e. The zero-order valence-electron chi connectivity index (χ0n) is 27.6. The number of amides is 2. The van der Waals surface area contributed by atoms with E-state index in [0.717, 1.165) is 52.4 Å². The first-order valence-corrected chi connectivity index (χ1v) is 16.6. The van der Waals surface area contributed by atoms with Crippen LogP contribution in [0.4, 0.5) is 4.79 Å². The topological polar surface area (TPSA) is 92.7 Å². The van der Waals surface area contributed by atoms with Crippen molar-refractivity contribution in [2.75, 3.05) is 47.0 Å². The number of H-pyrrole nitrogens is 1. The van der Waals surface area contributed by atoms with Gasteiger partial charge in [-0.1, -0.05) is 78.9 Å². The highest BCUT2D eigenvalue weighted by atomic mass is 16.6. The van der Waals surface area contributed by atoms with Gasteiger partial charge in [0.15, 0.2) is 0 Å². The third-order valence-electron chi connectivity index (χ3n) is 9.21. The van der Waals surface area contributed by atoms with Crippen LogP contribution in [0.3, 0.4) is 0 Å². The zero-order chi connectivity index (χ0) is 33.3. The summed E-state index contributed by atoms with van der Waals surface area (Å²) in [6.07, 6.45) is 13.8. The number of imidazole rings is 1. The van der Waals surface area contributed by atoms with E-state index in [4.69, 9.17) is 9.47 Å². The average Bonchev–Trinajstić information content (AvgIpc) is 3.83. The third kappa shape index (κ3) is 7.69. The Kier molecular flexibility index (Phi) is 10.7. The summed E-state index contributed by atoms with van der Waals surface area (Å²) in [5.41, 5.74) is 4.61. The number of fused-ring (bicyclic) bond motifs is 1. The number of methoxy groups -OCH3 is 1. The molecule has 9 heteroatoms. The number of ether oxygens (including phenoxy) is 2. The maximum atomic E-state index is 13.9. The molecule has 248 valence electrons. The van der Waals surface area contributed by atoms with Crippen LogP contribution in [0, 0.1) is 5.92 Å². The molecule has 1 saturated heterocycles. The Morgan fingerprint density at radius 3 is 2.54 bits per heavy atom. The van der Waals surface area contributed by atoms with Crippen molar-refractivity contribution < 1.29 is 19.1 Å². The number of likely N-dealkylation sites (tertiary alicyclic amines) is 1. The molecule has 9 nitrogen and oxygen atoms in total. The number of nitrogens with zero attached hydrogens (tertiary/aromatic N) is 4. The molecule has 2 amide bonds. The van der Waals surface area contributed by atoms with Crippen LogP contribution in [0.2, 0.25) is 0 Å². The summed E-state index contributed by atoms with van der Waals surface area (Å²) in [7, 11) is 3.46. The van der Waals surface area contributed by atoms with Crippen LogP contribution in [0.25, 0.3) is 28.0 Å². The standard InChI is InChI=1S/C39H43N5O4/c1-42(21-23-47-2)38(45)35-27-44(26-34(35)33-16-8-14-31-13-6-7-15-32(31)33)37(36-25-40-28-41-36)24-30-17-19-43(20-18-30)39(46)48-22-9-12-29-10-4-3-5-11-29/h3-16,25-28,30,37H,17-24H2,1-2H3,(H,40,41). The first kappa shape index (κ1) is 32.8. The molecule has 0 radical (unpaired) electrons. The summed E-state index contributed by atoms with van der Waals surface area (Å²) in [6, 6.07) is 24.4. The van der Waals surface area contributed by atoms with Gasteiger partial charge in [-0.15, -0.1) is 0 Å². The van der Waals surface area contributed by atoms with Crippen LogP contribution >= 0.6 is 0 Å². The molecule has 0 aliphatic carbocycles. The van der Waals surface area contributed by atoms with Gasteiger partial charge < -0.3 is 28.8 Å². The van der Waals surface area contributed by atoms with Gasteiger partial charge in [0.05, 0.1) is 36.4 Å². The molecule has 1 atom stereocenters. The van der Waals surface area contributed by atoms with E-state index in [2.05, 4.69) is 45.0 Å². The third-order valence-corrected chi connectivity index (χ3v) is 9.21. The van der Waals surface area contributed by atoms with Gasteiger partial charge in [-0.25, -0.2) is 9.78 Å². The van der Waals surface area contributed by atoms with Crippen LogP contribution in [-0.4, -0.2) is 83.3 Å². The van der Waals surface area contributed by atoms with Gasteiger partial charge in [0, 0.05) is 51.7 Å². The van der Waals surface area contributed by atoms with E-state index in [0.29, 0.717) is 37.7 Å². The molecule has 1 fully saturated rings. The highest BCUT2D eigenvalue weighted by Gasteiger charge is 2.29.